The quantitative estimate of drug-likeness (QED) is 0.730. The van der Waals surface area contributed by atoms with Crippen LogP contribution in [0.25, 0.3) is 0 Å². The van der Waals surface area contributed by atoms with E-state index < -0.39 is 0 Å². The average Bonchev–Trinajstić information content (AvgIpc) is 3.00. The van der Waals surface area contributed by atoms with Crippen LogP contribution in [0.15, 0.2) is 30.9 Å². The van der Waals surface area contributed by atoms with E-state index in [1.165, 1.54) is 27.9 Å². The van der Waals surface area contributed by atoms with Gasteiger partial charge in [0.25, 0.3) is 0 Å². The van der Waals surface area contributed by atoms with Gasteiger partial charge in [-0.2, -0.15) is 0 Å². The second-order valence-electron chi connectivity index (χ2n) is 3.86. The Morgan fingerprint density at radius 2 is 2.21 bits per heavy atom. The zero-order valence-electron chi connectivity index (χ0n) is 8.39. The van der Waals surface area contributed by atoms with Gasteiger partial charge in [-0.3, -0.25) is 0 Å². The van der Waals surface area contributed by atoms with Gasteiger partial charge in [-0.25, -0.2) is 0 Å². The molecule has 0 atom stereocenters. The molecule has 0 nitrogen and oxygen atoms in total. The van der Waals surface area contributed by atoms with Crippen LogP contribution in [0.3, 0.4) is 0 Å². The van der Waals surface area contributed by atoms with Gasteiger partial charge in [-0.1, -0.05) is 25.1 Å². The Bertz CT molecular complexity index is 350. The molecule has 0 amide bonds. The van der Waals surface area contributed by atoms with Gasteiger partial charge in [0.2, 0.25) is 0 Å². The normalized spacial score (nSPS) is 15.9. The van der Waals surface area contributed by atoms with Crippen LogP contribution in [0.5, 0.6) is 0 Å². The van der Waals surface area contributed by atoms with E-state index in [0.717, 1.165) is 5.92 Å². The summed E-state index contributed by atoms with van der Waals surface area (Å²) in [7, 11) is 0. The van der Waals surface area contributed by atoms with Crippen LogP contribution in [0.4, 0.5) is 0 Å². The van der Waals surface area contributed by atoms with Gasteiger partial charge in [0.15, 0.2) is 0 Å². The standard InChI is InChI=1S/C13H14I/c1-3-9(2)11-5-4-6-12(14)13(11)10-7-8-10/h3-6,10H,1,7-8H2,2H3. The number of benzene rings is 1. The van der Waals surface area contributed by atoms with Crippen LogP contribution < -0.4 is 0 Å². The minimum Gasteiger partial charge on any atom is -0.102 e. The molecule has 0 bridgehead atoms. The van der Waals surface area contributed by atoms with E-state index in [1.54, 1.807) is 5.56 Å². The van der Waals surface area contributed by atoms with Gasteiger partial charge < -0.3 is 0 Å². The van der Waals surface area contributed by atoms with E-state index >= 15 is 0 Å². The fourth-order valence-corrected chi connectivity index (χ4v) is 2.72. The van der Waals surface area contributed by atoms with E-state index in [0.29, 0.717) is 0 Å². The molecule has 1 aromatic carbocycles. The molecule has 0 aliphatic heterocycles. The molecular formula is C13H14I. The lowest BCUT2D eigenvalue weighted by molar-refractivity contribution is 1.06. The van der Waals surface area contributed by atoms with Gasteiger partial charge in [0, 0.05) is 9.49 Å². The predicted octanol–water partition coefficient (Wildman–Crippen LogP) is 4.30. The van der Waals surface area contributed by atoms with Crippen molar-refractivity contribution in [3.8, 4) is 0 Å². The highest BCUT2D eigenvalue weighted by atomic mass is 127. The number of hydrogen-bond donors (Lipinski definition) is 0. The smallest absolute Gasteiger partial charge is 0.0233 e. The zero-order valence-corrected chi connectivity index (χ0v) is 10.5. The molecule has 73 valence electrons. The molecule has 0 aromatic heterocycles. The molecule has 2 rings (SSSR count). The lowest BCUT2D eigenvalue weighted by atomic mass is 9.93. The van der Waals surface area contributed by atoms with Crippen molar-refractivity contribution in [3.05, 3.63) is 51.5 Å². The second kappa shape index (κ2) is 4.05. The summed E-state index contributed by atoms with van der Waals surface area (Å²) in [6.45, 7) is 5.99. The highest BCUT2D eigenvalue weighted by Crippen LogP contribution is 2.45. The Balaban J connectivity index is 2.46. The first-order valence-electron chi connectivity index (χ1n) is 4.99. The number of rotatable bonds is 3. The molecule has 1 aliphatic rings. The Kier molecular flexibility index (Phi) is 2.96. The van der Waals surface area contributed by atoms with Crippen molar-refractivity contribution in [2.24, 2.45) is 0 Å². The van der Waals surface area contributed by atoms with Crippen molar-refractivity contribution in [3.63, 3.8) is 0 Å². The lowest BCUT2D eigenvalue weighted by Gasteiger charge is -2.13. The van der Waals surface area contributed by atoms with Crippen molar-refractivity contribution in [1.29, 1.82) is 0 Å². The van der Waals surface area contributed by atoms with Gasteiger partial charge in [-0.05, 0) is 58.5 Å². The third kappa shape index (κ3) is 1.88. The average molecular weight is 297 g/mol. The summed E-state index contributed by atoms with van der Waals surface area (Å²) in [5.74, 6) is 2.11. The molecule has 0 saturated heterocycles. The zero-order chi connectivity index (χ0) is 10.1. The van der Waals surface area contributed by atoms with Gasteiger partial charge >= 0.3 is 0 Å². The molecule has 1 fully saturated rings. The van der Waals surface area contributed by atoms with Crippen molar-refractivity contribution in [2.45, 2.75) is 25.7 Å². The Hall–Kier alpha value is -0.310. The van der Waals surface area contributed by atoms with Gasteiger partial charge in [0.05, 0.1) is 0 Å². The Morgan fingerprint density at radius 1 is 1.50 bits per heavy atom. The summed E-state index contributed by atoms with van der Waals surface area (Å²) < 4.78 is 1.41. The summed E-state index contributed by atoms with van der Waals surface area (Å²) in [6, 6.07) is 6.55. The summed E-state index contributed by atoms with van der Waals surface area (Å²) >= 11 is 2.44. The molecule has 1 aromatic rings. The van der Waals surface area contributed by atoms with Crippen LogP contribution in [-0.4, -0.2) is 0 Å². The van der Waals surface area contributed by atoms with Crippen LogP contribution in [0.2, 0.25) is 0 Å². The molecule has 1 aliphatic carbocycles. The molecule has 0 heterocycles. The highest BCUT2D eigenvalue weighted by molar-refractivity contribution is 14.1. The van der Waals surface area contributed by atoms with E-state index in [-0.39, 0.29) is 0 Å². The van der Waals surface area contributed by atoms with Crippen LogP contribution in [0.1, 0.15) is 36.8 Å². The first-order chi connectivity index (χ1) is 6.74. The van der Waals surface area contributed by atoms with Crippen LogP contribution in [-0.2, 0) is 0 Å². The molecular weight excluding hydrogens is 283 g/mol. The van der Waals surface area contributed by atoms with E-state index in [1.807, 2.05) is 6.08 Å². The first-order valence-corrected chi connectivity index (χ1v) is 6.06. The predicted molar refractivity (Wildman–Crippen MR) is 69.4 cm³/mol. The summed E-state index contributed by atoms with van der Waals surface area (Å²) in [5.41, 5.74) is 2.94. The monoisotopic (exact) mass is 297 g/mol. The lowest BCUT2D eigenvalue weighted by Crippen LogP contribution is -1.98. The SMILES string of the molecule is C=C[C](C)c1cccc(I)c1C1CC1. The second-order valence-corrected chi connectivity index (χ2v) is 5.02. The third-order valence-corrected chi connectivity index (χ3v) is 3.71. The van der Waals surface area contributed by atoms with Crippen LogP contribution >= 0.6 is 22.6 Å². The number of halogens is 1. The first kappa shape index (κ1) is 10.2. The Morgan fingerprint density at radius 3 is 2.79 bits per heavy atom. The number of hydrogen-bond acceptors (Lipinski definition) is 0. The Labute approximate surface area is 99.6 Å². The molecule has 1 heteroatoms. The summed E-state index contributed by atoms with van der Waals surface area (Å²) in [5, 5.41) is 0. The molecule has 0 unspecified atom stereocenters. The third-order valence-electron chi connectivity index (χ3n) is 2.77. The molecule has 0 N–H and O–H groups in total. The maximum atomic E-state index is 3.85. The molecule has 0 spiro atoms. The minimum absolute atomic E-state index is 0.813. The van der Waals surface area contributed by atoms with Crippen molar-refractivity contribution < 1.29 is 0 Å². The highest BCUT2D eigenvalue weighted by Gasteiger charge is 2.28. The number of allylic oxidation sites excluding steroid dienone is 1. The van der Waals surface area contributed by atoms with E-state index in [4.69, 9.17) is 0 Å². The largest absolute Gasteiger partial charge is 0.102 e. The molecule has 1 saturated carbocycles. The maximum absolute atomic E-state index is 3.85. The fraction of sp³-hybridized carbons (Fsp3) is 0.308. The minimum atomic E-state index is 0.813. The van der Waals surface area contributed by atoms with Crippen molar-refractivity contribution in [2.75, 3.05) is 0 Å². The van der Waals surface area contributed by atoms with E-state index in [2.05, 4.69) is 54.3 Å². The van der Waals surface area contributed by atoms with Crippen molar-refractivity contribution in [1.82, 2.24) is 0 Å². The van der Waals surface area contributed by atoms with Crippen LogP contribution in [0, 0.1) is 9.49 Å². The molecule has 1 radical (unpaired) electrons. The molecule has 14 heavy (non-hydrogen) atoms. The topological polar surface area (TPSA) is 0 Å². The maximum Gasteiger partial charge on any atom is 0.0233 e. The fourth-order valence-electron chi connectivity index (χ4n) is 1.78. The van der Waals surface area contributed by atoms with Gasteiger partial charge in [0.1, 0.15) is 0 Å². The van der Waals surface area contributed by atoms with Gasteiger partial charge in [-0.15, -0.1) is 6.58 Å². The van der Waals surface area contributed by atoms with E-state index in [9.17, 15) is 0 Å². The summed E-state index contributed by atoms with van der Waals surface area (Å²) in [6.07, 6.45) is 4.67. The van der Waals surface area contributed by atoms with Crippen molar-refractivity contribution >= 4 is 22.6 Å². The summed E-state index contributed by atoms with van der Waals surface area (Å²) in [4.78, 5) is 0.